The highest BCUT2D eigenvalue weighted by Crippen LogP contribution is 2.32. The highest BCUT2D eigenvalue weighted by Gasteiger charge is 2.11. The van der Waals surface area contributed by atoms with E-state index in [0.717, 1.165) is 21.2 Å². The van der Waals surface area contributed by atoms with Crippen LogP contribution in [0.25, 0.3) is 0 Å². The number of halogens is 2. The Balaban J connectivity index is 3.11. The van der Waals surface area contributed by atoms with E-state index in [2.05, 4.69) is 13.8 Å². The van der Waals surface area contributed by atoms with Crippen molar-refractivity contribution in [3.05, 3.63) is 33.3 Å². The van der Waals surface area contributed by atoms with Crippen LogP contribution in [0, 0.1) is 0 Å². The molecular formula is C11H14Cl2O. The van der Waals surface area contributed by atoms with Crippen LogP contribution < -0.4 is 0 Å². The predicted octanol–water partition coefficient (Wildman–Crippen LogP) is 4.26. The van der Waals surface area contributed by atoms with Crippen LogP contribution in [0.5, 0.6) is 0 Å². The molecule has 0 bridgehead atoms. The Morgan fingerprint density at radius 3 is 2.07 bits per heavy atom. The molecule has 3 heteroatoms. The summed E-state index contributed by atoms with van der Waals surface area (Å²) in [5.41, 5.74) is 2.01. The summed E-state index contributed by atoms with van der Waals surface area (Å²) in [6.45, 7) is 4.68. The quantitative estimate of drug-likeness (QED) is 0.757. The molecule has 0 heterocycles. The van der Waals surface area contributed by atoms with Gasteiger partial charge in [0.05, 0.1) is 6.61 Å². The second-order valence-corrected chi connectivity index (χ2v) is 4.38. The molecular weight excluding hydrogens is 219 g/mol. The van der Waals surface area contributed by atoms with Gasteiger partial charge in [-0.2, -0.15) is 0 Å². The van der Waals surface area contributed by atoms with E-state index in [9.17, 15) is 0 Å². The van der Waals surface area contributed by atoms with E-state index in [0.29, 0.717) is 12.5 Å². The van der Waals surface area contributed by atoms with E-state index in [-0.39, 0.29) is 0 Å². The first-order valence-electron chi connectivity index (χ1n) is 4.53. The van der Waals surface area contributed by atoms with Crippen molar-refractivity contribution in [3.63, 3.8) is 0 Å². The molecule has 0 radical (unpaired) electrons. The number of benzene rings is 1. The summed E-state index contributed by atoms with van der Waals surface area (Å²) in [7, 11) is 1.65. The summed E-state index contributed by atoms with van der Waals surface area (Å²) < 4.78 is 5.02. The van der Waals surface area contributed by atoms with Crippen molar-refractivity contribution in [2.75, 3.05) is 7.11 Å². The van der Waals surface area contributed by atoms with E-state index in [1.54, 1.807) is 7.11 Å². The molecule has 0 atom stereocenters. The van der Waals surface area contributed by atoms with Crippen molar-refractivity contribution in [3.8, 4) is 0 Å². The van der Waals surface area contributed by atoms with Crippen LogP contribution in [0.2, 0.25) is 10.0 Å². The van der Waals surface area contributed by atoms with Crippen molar-refractivity contribution < 1.29 is 4.74 Å². The standard InChI is InChI=1S/C11H14Cl2O/c1-7(2)11-9(12)4-8(6-14-3)5-10(11)13/h4-5,7H,6H2,1-3H3. The third-order valence-electron chi connectivity index (χ3n) is 2.03. The summed E-state index contributed by atoms with van der Waals surface area (Å²) in [5.74, 6) is 0.339. The third kappa shape index (κ3) is 2.63. The Morgan fingerprint density at radius 1 is 1.21 bits per heavy atom. The normalized spacial score (nSPS) is 11.0. The lowest BCUT2D eigenvalue weighted by Crippen LogP contribution is -1.94. The molecule has 1 aromatic rings. The molecule has 14 heavy (non-hydrogen) atoms. The molecule has 1 aromatic carbocycles. The summed E-state index contributed by atoms with van der Waals surface area (Å²) in [6.07, 6.45) is 0. The lowest BCUT2D eigenvalue weighted by molar-refractivity contribution is 0.185. The van der Waals surface area contributed by atoms with Crippen molar-refractivity contribution in [2.24, 2.45) is 0 Å². The van der Waals surface area contributed by atoms with Gasteiger partial charge in [-0.15, -0.1) is 0 Å². The van der Waals surface area contributed by atoms with Gasteiger partial charge in [0.25, 0.3) is 0 Å². The van der Waals surface area contributed by atoms with Gasteiger partial charge in [0.2, 0.25) is 0 Å². The van der Waals surface area contributed by atoms with Crippen LogP contribution in [0.15, 0.2) is 12.1 Å². The molecule has 0 spiro atoms. The van der Waals surface area contributed by atoms with E-state index >= 15 is 0 Å². The number of ether oxygens (including phenoxy) is 1. The van der Waals surface area contributed by atoms with Crippen LogP contribution in [-0.4, -0.2) is 7.11 Å². The first-order valence-corrected chi connectivity index (χ1v) is 5.28. The Labute approximate surface area is 95.0 Å². The fourth-order valence-electron chi connectivity index (χ4n) is 1.44. The molecule has 0 aliphatic heterocycles. The molecule has 78 valence electrons. The number of hydrogen-bond acceptors (Lipinski definition) is 1. The zero-order valence-electron chi connectivity index (χ0n) is 8.60. The second kappa shape index (κ2) is 5.01. The Morgan fingerprint density at radius 2 is 1.71 bits per heavy atom. The van der Waals surface area contributed by atoms with E-state index < -0.39 is 0 Å². The molecule has 1 nitrogen and oxygen atoms in total. The number of hydrogen-bond donors (Lipinski definition) is 0. The van der Waals surface area contributed by atoms with Gasteiger partial charge >= 0.3 is 0 Å². The number of methoxy groups -OCH3 is 1. The number of rotatable bonds is 3. The Bertz CT molecular complexity index is 298. The van der Waals surface area contributed by atoms with E-state index in [1.807, 2.05) is 12.1 Å². The monoisotopic (exact) mass is 232 g/mol. The van der Waals surface area contributed by atoms with Gasteiger partial charge in [-0.3, -0.25) is 0 Å². The van der Waals surface area contributed by atoms with Gasteiger partial charge in [-0.25, -0.2) is 0 Å². The minimum absolute atomic E-state index is 0.339. The maximum Gasteiger partial charge on any atom is 0.0714 e. The van der Waals surface area contributed by atoms with Crippen LogP contribution >= 0.6 is 23.2 Å². The molecule has 0 unspecified atom stereocenters. The largest absolute Gasteiger partial charge is 0.380 e. The zero-order chi connectivity index (χ0) is 10.7. The highest BCUT2D eigenvalue weighted by molar-refractivity contribution is 6.36. The summed E-state index contributed by atoms with van der Waals surface area (Å²) >= 11 is 12.3. The topological polar surface area (TPSA) is 9.23 Å². The molecule has 0 saturated heterocycles. The summed E-state index contributed by atoms with van der Waals surface area (Å²) in [6, 6.07) is 3.82. The SMILES string of the molecule is COCc1cc(Cl)c(C(C)C)c(Cl)c1. The molecule has 0 saturated carbocycles. The van der Waals surface area contributed by atoms with Crippen LogP contribution in [0.1, 0.15) is 30.9 Å². The van der Waals surface area contributed by atoms with Gasteiger partial charge in [0, 0.05) is 17.2 Å². The van der Waals surface area contributed by atoms with Crippen LogP contribution in [0.3, 0.4) is 0 Å². The van der Waals surface area contributed by atoms with Gasteiger partial charge in [0.15, 0.2) is 0 Å². The molecule has 0 aliphatic rings. The van der Waals surface area contributed by atoms with Crippen LogP contribution in [-0.2, 0) is 11.3 Å². The Kier molecular flexibility index (Phi) is 4.24. The van der Waals surface area contributed by atoms with Crippen molar-refractivity contribution in [1.29, 1.82) is 0 Å². The summed E-state index contributed by atoms with van der Waals surface area (Å²) in [5, 5.41) is 1.44. The fourth-order valence-corrected chi connectivity index (χ4v) is 2.41. The minimum atomic E-state index is 0.339. The molecule has 0 amide bonds. The van der Waals surface area contributed by atoms with Crippen molar-refractivity contribution >= 4 is 23.2 Å². The van der Waals surface area contributed by atoms with Crippen LogP contribution in [0.4, 0.5) is 0 Å². The highest BCUT2D eigenvalue weighted by atomic mass is 35.5. The zero-order valence-corrected chi connectivity index (χ0v) is 10.1. The van der Waals surface area contributed by atoms with E-state index in [1.165, 1.54) is 0 Å². The molecule has 0 aromatic heterocycles. The molecule has 1 rings (SSSR count). The predicted molar refractivity (Wildman–Crippen MR) is 61.3 cm³/mol. The van der Waals surface area contributed by atoms with Gasteiger partial charge in [-0.05, 0) is 29.2 Å². The average Bonchev–Trinajstić information content (AvgIpc) is 2.01. The van der Waals surface area contributed by atoms with Gasteiger partial charge in [-0.1, -0.05) is 37.0 Å². The maximum atomic E-state index is 6.13. The van der Waals surface area contributed by atoms with Gasteiger partial charge in [0.1, 0.15) is 0 Å². The molecule has 0 aliphatic carbocycles. The van der Waals surface area contributed by atoms with Crippen molar-refractivity contribution in [1.82, 2.24) is 0 Å². The van der Waals surface area contributed by atoms with E-state index in [4.69, 9.17) is 27.9 Å². The first-order chi connectivity index (χ1) is 6.56. The smallest absolute Gasteiger partial charge is 0.0714 e. The van der Waals surface area contributed by atoms with Crippen molar-refractivity contribution in [2.45, 2.75) is 26.4 Å². The maximum absolute atomic E-state index is 6.13. The lowest BCUT2D eigenvalue weighted by Gasteiger charge is -2.12. The fraction of sp³-hybridized carbons (Fsp3) is 0.455. The van der Waals surface area contributed by atoms with Gasteiger partial charge < -0.3 is 4.74 Å². The first kappa shape index (κ1) is 11.8. The molecule has 0 N–H and O–H groups in total. The third-order valence-corrected chi connectivity index (χ3v) is 2.65. The molecule has 0 fully saturated rings. The average molecular weight is 233 g/mol. The summed E-state index contributed by atoms with van der Waals surface area (Å²) in [4.78, 5) is 0. The lowest BCUT2D eigenvalue weighted by atomic mass is 10.0. The second-order valence-electron chi connectivity index (χ2n) is 3.56. The Hall–Kier alpha value is -0.240. The minimum Gasteiger partial charge on any atom is -0.380 e.